The predicted octanol–water partition coefficient (Wildman–Crippen LogP) is -2.15. The Morgan fingerprint density at radius 3 is 2.80 bits per heavy atom. The van der Waals surface area contributed by atoms with Gasteiger partial charge in [0.15, 0.2) is 5.17 Å². The van der Waals surface area contributed by atoms with E-state index in [1.54, 1.807) is 0 Å². The summed E-state index contributed by atoms with van der Waals surface area (Å²) < 4.78 is 1.24. The van der Waals surface area contributed by atoms with Crippen LogP contribution in [0.5, 0.6) is 0 Å². The number of aromatic amines is 1. The zero-order valence-corrected chi connectivity index (χ0v) is 11.9. The van der Waals surface area contributed by atoms with Gasteiger partial charge in [-0.05, 0) is 11.8 Å². The first-order valence-electron chi connectivity index (χ1n) is 5.41. The summed E-state index contributed by atoms with van der Waals surface area (Å²) >= 11 is 2.30. The van der Waals surface area contributed by atoms with E-state index in [1.807, 2.05) is 0 Å². The van der Waals surface area contributed by atoms with Crippen LogP contribution in [0.4, 0.5) is 0 Å². The molecule has 8 N–H and O–H groups in total. The lowest BCUT2D eigenvalue weighted by Gasteiger charge is -1.96. The van der Waals surface area contributed by atoms with E-state index in [0.29, 0.717) is 23.0 Å². The molecule has 2 aromatic heterocycles. The van der Waals surface area contributed by atoms with Crippen LogP contribution in [-0.4, -0.2) is 29.9 Å². The molecule has 2 aromatic rings. The maximum absolute atomic E-state index is 11.9. The van der Waals surface area contributed by atoms with Gasteiger partial charge >= 0.3 is 0 Å². The summed E-state index contributed by atoms with van der Waals surface area (Å²) in [6, 6.07) is 1.39. The normalized spacial score (nSPS) is 10.8. The van der Waals surface area contributed by atoms with E-state index in [0.717, 1.165) is 11.8 Å². The van der Waals surface area contributed by atoms with Crippen molar-refractivity contribution in [3.05, 3.63) is 27.9 Å². The highest BCUT2D eigenvalue weighted by Gasteiger charge is 2.09. The molecule has 0 bridgehead atoms. The second-order valence-corrected chi connectivity index (χ2v) is 5.80. The fourth-order valence-electron chi connectivity index (χ4n) is 1.41. The summed E-state index contributed by atoms with van der Waals surface area (Å²) in [5.74, 6) is 1.55. The van der Waals surface area contributed by atoms with E-state index >= 15 is 0 Å². The van der Waals surface area contributed by atoms with E-state index < -0.39 is 0 Å². The van der Waals surface area contributed by atoms with Crippen molar-refractivity contribution < 1.29 is 5.41 Å². The molecule has 0 unspecified atom stereocenters. The zero-order chi connectivity index (χ0) is 14.7. The van der Waals surface area contributed by atoms with Crippen LogP contribution in [0.2, 0.25) is 0 Å². The molecule has 0 atom stereocenters. The maximum Gasteiger partial charge on any atom is 0.300 e. The average molecular weight is 313 g/mol. The van der Waals surface area contributed by atoms with Gasteiger partial charge in [-0.15, -0.1) is 0 Å². The number of H-pyrrole nitrogens is 1. The number of aromatic nitrogens is 4. The molecule has 106 valence electrons. The van der Waals surface area contributed by atoms with Crippen molar-refractivity contribution >= 4 is 39.6 Å². The molecule has 20 heavy (non-hydrogen) atoms. The summed E-state index contributed by atoms with van der Waals surface area (Å²) in [5.41, 5.74) is 10.9. The molecule has 0 radical (unpaired) electrons. The first-order chi connectivity index (χ1) is 9.45. The van der Waals surface area contributed by atoms with Gasteiger partial charge in [0.05, 0.1) is 11.4 Å². The van der Waals surface area contributed by atoms with Gasteiger partial charge in [-0.2, -0.15) is 9.50 Å². The molecule has 0 aliphatic rings. The molecule has 2 heterocycles. The van der Waals surface area contributed by atoms with Crippen molar-refractivity contribution in [3.63, 3.8) is 0 Å². The molecule has 2 rings (SSSR count). The minimum absolute atomic E-state index is 0.0168. The van der Waals surface area contributed by atoms with Crippen molar-refractivity contribution in [1.29, 1.82) is 5.41 Å². The van der Waals surface area contributed by atoms with Gasteiger partial charge in [0.25, 0.3) is 16.5 Å². The summed E-state index contributed by atoms with van der Waals surface area (Å²) in [7, 11) is 0. The second kappa shape index (κ2) is 5.96. The van der Waals surface area contributed by atoms with Crippen molar-refractivity contribution in [1.82, 2.24) is 19.6 Å². The largest absolute Gasteiger partial charge is 0.379 e. The fraction of sp³-hybridized carbons (Fsp3) is 0.222. The SMILES string of the molecule is N=C(N)SCc1nc2nc(CSC(N)=[NH2+])cc(=O)n2[nH]1. The second-order valence-electron chi connectivity index (χ2n) is 3.74. The Morgan fingerprint density at radius 2 is 2.15 bits per heavy atom. The molecule has 0 spiro atoms. The number of amidine groups is 2. The van der Waals surface area contributed by atoms with Gasteiger partial charge in [-0.25, -0.2) is 4.98 Å². The molecular weight excluding hydrogens is 300 g/mol. The number of nitrogens with two attached hydrogens (primary N) is 3. The van der Waals surface area contributed by atoms with Crippen molar-refractivity contribution in [2.75, 3.05) is 0 Å². The first-order valence-corrected chi connectivity index (χ1v) is 7.38. The van der Waals surface area contributed by atoms with Crippen LogP contribution in [0.25, 0.3) is 5.78 Å². The summed E-state index contributed by atoms with van der Waals surface area (Å²) in [4.78, 5) is 20.3. The maximum atomic E-state index is 11.9. The summed E-state index contributed by atoms with van der Waals surface area (Å²) in [6.07, 6.45) is 0. The third-order valence-electron chi connectivity index (χ3n) is 2.18. The van der Waals surface area contributed by atoms with Crippen LogP contribution in [0, 0.1) is 5.41 Å². The Balaban J connectivity index is 2.27. The van der Waals surface area contributed by atoms with E-state index in [1.165, 1.54) is 22.3 Å². The molecule has 9 nitrogen and oxygen atoms in total. The highest BCUT2D eigenvalue weighted by Crippen LogP contribution is 2.10. The zero-order valence-electron chi connectivity index (χ0n) is 10.3. The lowest BCUT2D eigenvalue weighted by Crippen LogP contribution is -2.43. The summed E-state index contributed by atoms with van der Waals surface area (Å²) in [5, 5.41) is 15.5. The monoisotopic (exact) mass is 313 g/mol. The average Bonchev–Trinajstić information content (AvgIpc) is 2.77. The van der Waals surface area contributed by atoms with Crippen LogP contribution in [0.1, 0.15) is 11.5 Å². The van der Waals surface area contributed by atoms with Crippen LogP contribution in [0.3, 0.4) is 0 Å². The van der Waals surface area contributed by atoms with Gasteiger partial charge in [-0.3, -0.25) is 26.4 Å². The lowest BCUT2D eigenvalue weighted by molar-refractivity contribution is -0.110. The molecule has 0 saturated carbocycles. The number of nitrogens with one attached hydrogen (secondary N) is 2. The van der Waals surface area contributed by atoms with Gasteiger partial charge in [0.1, 0.15) is 5.82 Å². The molecule has 0 aromatic carbocycles. The van der Waals surface area contributed by atoms with Crippen LogP contribution in [0.15, 0.2) is 10.9 Å². The minimum atomic E-state index is -0.271. The Hall–Kier alpha value is -2.01. The third kappa shape index (κ3) is 3.51. The number of fused-ring (bicyclic) bond motifs is 1. The van der Waals surface area contributed by atoms with Gasteiger partial charge in [0, 0.05) is 11.8 Å². The summed E-state index contributed by atoms with van der Waals surface area (Å²) in [6.45, 7) is 0. The fourth-order valence-corrected chi connectivity index (χ4v) is 2.30. The van der Waals surface area contributed by atoms with Crippen molar-refractivity contribution in [2.24, 2.45) is 11.5 Å². The quantitative estimate of drug-likeness (QED) is 0.317. The van der Waals surface area contributed by atoms with E-state index in [9.17, 15) is 4.79 Å². The Labute approximate surface area is 121 Å². The number of nitrogens with zero attached hydrogens (tertiary/aromatic N) is 3. The highest BCUT2D eigenvalue weighted by atomic mass is 32.2. The first kappa shape index (κ1) is 14.4. The van der Waals surface area contributed by atoms with Crippen LogP contribution >= 0.6 is 23.5 Å². The highest BCUT2D eigenvalue weighted by molar-refractivity contribution is 8.13. The molecule has 0 aliphatic heterocycles. The van der Waals surface area contributed by atoms with E-state index in [4.69, 9.17) is 22.3 Å². The Morgan fingerprint density at radius 1 is 1.40 bits per heavy atom. The topological polar surface area (TPSA) is 165 Å². The molecule has 11 heteroatoms. The van der Waals surface area contributed by atoms with E-state index in [2.05, 4.69) is 15.1 Å². The number of hydrogen-bond acceptors (Lipinski definition) is 6. The predicted molar refractivity (Wildman–Crippen MR) is 79.2 cm³/mol. The van der Waals surface area contributed by atoms with Crippen LogP contribution < -0.4 is 22.4 Å². The van der Waals surface area contributed by atoms with E-state index in [-0.39, 0.29) is 21.7 Å². The van der Waals surface area contributed by atoms with Crippen LogP contribution in [-0.2, 0) is 11.5 Å². The molecule has 0 saturated heterocycles. The molecule has 0 aliphatic carbocycles. The number of thioether (sulfide) groups is 2. The van der Waals surface area contributed by atoms with Crippen molar-refractivity contribution in [3.8, 4) is 0 Å². The van der Waals surface area contributed by atoms with Gasteiger partial charge in [-0.1, -0.05) is 11.8 Å². The minimum Gasteiger partial charge on any atom is -0.379 e. The lowest BCUT2D eigenvalue weighted by atomic mass is 10.4. The van der Waals surface area contributed by atoms with Gasteiger partial charge in [0.2, 0.25) is 0 Å². The molecule has 0 amide bonds. The number of rotatable bonds is 4. The Kier molecular flexibility index (Phi) is 4.29. The Bertz CT molecular complexity index is 720. The smallest absolute Gasteiger partial charge is 0.300 e. The third-order valence-corrected chi connectivity index (χ3v) is 3.68. The van der Waals surface area contributed by atoms with Gasteiger partial charge < -0.3 is 5.73 Å². The van der Waals surface area contributed by atoms with Crippen molar-refractivity contribution in [2.45, 2.75) is 11.5 Å². The number of hydrogen-bond donors (Lipinski definition) is 5. The molecule has 0 fully saturated rings. The molecular formula is C9H13N8OS2+. The standard InChI is InChI=1S/C9H12N8OS2/c10-7(11)19-2-4-1-6(18)17-9(14-4)15-5(16-17)3-20-8(12)13/h1H,2-3H2,(H3,10,11)(H3,12,13)(H,14,15,16)/p+1.